The molecule has 0 aliphatic rings. The highest BCUT2D eigenvalue weighted by atomic mass is 32.2. The molecule has 0 spiro atoms. The Balaban J connectivity index is 1.81. The number of ether oxygens (including phenoxy) is 1. The molecule has 0 unspecified atom stereocenters. The van der Waals surface area contributed by atoms with Crippen molar-refractivity contribution >= 4 is 34.5 Å². The summed E-state index contributed by atoms with van der Waals surface area (Å²) in [6.07, 6.45) is 1.72. The van der Waals surface area contributed by atoms with Gasteiger partial charge in [-0.3, -0.25) is 4.98 Å². The van der Waals surface area contributed by atoms with E-state index < -0.39 is 11.8 Å². The molecule has 3 aromatic rings. The molecular formula is C17H13FN2O2S. The summed E-state index contributed by atoms with van der Waals surface area (Å²) in [5, 5.41) is 1.01. The van der Waals surface area contributed by atoms with Crippen molar-refractivity contribution < 1.29 is 13.9 Å². The summed E-state index contributed by atoms with van der Waals surface area (Å²) >= 11 is 1.27. The van der Waals surface area contributed by atoms with E-state index in [1.54, 1.807) is 6.20 Å². The molecule has 116 valence electrons. The molecule has 0 radical (unpaired) electrons. The minimum atomic E-state index is -0.568. The lowest BCUT2D eigenvalue weighted by Crippen LogP contribution is -2.02. The smallest absolute Gasteiger partial charge is 0.337 e. The quantitative estimate of drug-likeness (QED) is 0.572. The number of aromatic nitrogens is 1. The molecule has 0 aliphatic carbocycles. The lowest BCUT2D eigenvalue weighted by Gasteiger charge is -2.09. The van der Waals surface area contributed by atoms with Crippen LogP contribution < -0.4 is 4.72 Å². The van der Waals surface area contributed by atoms with Crippen molar-refractivity contribution in [3.05, 3.63) is 66.1 Å². The van der Waals surface area contributed by atoms with Gasteiger partial charge in [0.05, 0.1) is 28.8 Å². The first-order valence-electron chi connectivity index (χ1n) is 6.83. The molecule has 0 bridgehead atoms. The van der Waals surface area contributed by atoms with E-state index in [0.29, 0.717) is 0 Å². The zero-order valence-corrected chi connectivity index (χ0v) is 13.1. The first kappa shape index (κ1) is 15.3. The van der Waals surface area contributed by atoms with Crippen molar-refractivity contribution in [1.29, 1.82) is 0 Å². The Morgan fingerprint density at radius 2 is 2.04 bits per heavy atom. The number of para-hydroxylation sites is 1. The Labute approximate surface area is 136 Å². The fraction of sp³-hybridized carbons (Fsp3) is 0.0588. The molecule has 1 heterocycles. The molecule has 23 heavy (non-hydrogen) atoms. The van der Waals surface area contributed by atoms with Gasteiger partial charge in [0.25, 0.3) is 0 Å². The molecule has 0 saturated carbocycles. The van der Waals surface area contributed by atoms with Crippen LogP contribution in [0.2, 0.25) is 0 Å². The lowest BCUT2D eigenvalue weighted by atomic mass is 10.2. The Morgan fingerprint density at radius 1 is 1.22 bits per heavy atom. The summed E-state index contributed by atoms with van der Waals surface area (Å²) in [5.41, 5.74) is 1.31. The first-order chi connectivity index (χ1) is 11.2. The monoisotopic (exact) mass is 328 g/mol. The van der Waals surface area contributed by atoms with E-state index in [9.17, 15) is 9.18 Å². The van der Waals surface area contributed by atoms with Crippen LogP contribution in [-0.4, -0.2) is 18.1 Å². The summed E-state index contributed by atoms with van der Waals surface area (Å²) in [6, 6.07) is 13.8. The number of halogens is 1. The minimum Gasteiger partial charge on any atom is -0.465 e. The molecule has 0 aliphatic heterocycles. The molecule has 4 nitrogen and oxygen atoms in total. The SMILES string of the molecule is COC(=O)c1ccc(NSc2cccc3cccnc23)c(F)c1. The van der Waals surface area contributed by atoms with Gasteiger partial charge in [0.1, 0.15) is 5.82 Å². The zero-order chi connectivity index (χ0) is 16.2. The Bertz CT molecular complexity index is 865. The van der Waals surface area contributed by atoms with Crippen LogP contribution in [0.3, 0.4) is 0 Å². The summed E-state index contributed by atoms with van der Waals surface area (Å²) in [4.78, 5) is 16.6. The van der Waals surface area contributed by atoms with Crippen LogP contribution in [0.1, 0.15) is 10.4 Å². The number of methoxy groups -OCH3 is 1. The van der Waals surface area contributed by atoms with Crippen molar-refractivity contribution in [2.45, 2.75) is 4.90 Å². The summed E-state index contributed by atoms with van der Waals surface area (Å²) < 4.78 is 21.6. The van der Waals surface area contributed by atoms with Gasteiger partial charge in [-0.05, 0) is 42.3 Å². The number of nitrogens with one attached hydrogen (secondary N) is 1. The average molecular weight is 328 g/mol. The number of carbonyl (C=O) groups is 1. The first-order valence-corrected chi connectivity index (χ1v) is 7.65. The predicted octanol–water partition coefficient (Wildman–Crippen LogP) is 4.28. The van der Waals surface area contributed by atoms with Crippen LogP contribution in [0, 0.1) is 5.82 Å². The number of benzene rings is 2. The highest BCUT2D eigenvalue weighted by Crippen LogP contribution is 2.28. The van der Waals surface area contributed by atoms with Crippen molar-refractivity contribution in [3.8, 4) is 0 Å². The molecular weight excluding hydrogens is 315 g/mol. The maximum absolute atomic E-state index is 14.1. The van der Waals surface area contributed by atoms with Crippen LogP contribution in [0.4, 0.5) is 10.1 Å². The van der Waals surface area contributed by atoms with E-state index >= 15 is 0 Å². The minimum absolute atomic E-state index is 0.173. The Morgan fingerprint density at radius 3 is 2.83 bits per heavy atom. The van der Waals surface area contributed by atoms with Gasteiger partial charge >= 0.3 is 5.97 Å². The number of carbonyl (C=O) groups excluding carboxylic acids is 1. The summed E-state index contributed by atoms with van der Waals surface area (Å²) in [5.74, 6) is -1.09. The van der Waals surface area contributed by atoms with Crippen LogP contribution in [0.5, 0.6) is 0 Å². The molecule has 1 N–H and O–H groups in total. The van der Waals surface area contributed by atoms with Crippen LogP contribution in [0.15, 0.2) is 59.6 Å². The standard InChI is InChI=1S/C17H13FN2O2S/c1-22-17(21)12-7-8-14(13(18)10-12)20-23-15-6-2-4-11-5-3-9-19-16(11)15/h2-10,20H,1H3. The fourth-order valence-corrected chi connectivity index (χ4v) is 2.91. The zero-order valence-electron chi connectivity index (χ0n) is 12.2. The predicted molar refractivity (Wildman–Crippen MR) is 89.0 cm³/mol. The van der Waals surface area contributed by atoms with E-state index in [-0.39, 0.29) is 11.3 Å². The van der Waals surface area contributed by atoms with Gasteiger partial charge in [-0.2, -0.15) is 0 Å². The van der Waals surface area contributed by atoms with Gasteiger partial charge in [-0.15, -0.1) is 0 Å². The number of fused-ring (bicyclic) bond motifs is 1. The number of nitrogens with zero attached hydrogens (tertiary/aromatic N) is 1. The number of hydrogen-bond donors (Lipinski definition) is 1. The second kappa shape index (κ2) is 6.66. The van der Waals surface area contributed by atoms with Crippen LogP contribution in [-0.2, 0) is 4.74 Å². The molecule has 1 aromatic heterocycles. The van der Waals surface area contributed by atoms with E-state index in [1.165, 1.54) is 31.2 Å². The highest BCUT2D eigenvalue weighted by Gasteiger charge is 2.10. The number of rotatable bonds is 4. The number of esters is 1. The third-order valence-electron chi connectivity index (χ3n) is 3.26. The lowest BCUT2D eigenvalue weighted by molar-refractivity contribution is 0.0600. The van der Waals surface area contributed by atoms with E-state index in [0.717, 1.165) is 21.9 Å². The maximum Gasteiger partial charge on any atom is 0.337 e. The van der Waals surface area contributed by atoms with Gasteiger partial charge in [0.2, 0.25) is 0 Å². The summed E-state index contributed by atoms with van der Waals surface area (Å²) in [6.45, 7) is 0. The molecule has 0 amide bonds. The van der Waals surface area contributed by atoms with Gasteiger partial charge in [0.15, 0.2) is 0 Å². The van der Waals surface area contributed by atoms with Gasteiger partial charge in [-0.1, -0.05) is 18.2 Å². The van der Waals surface area contributed by atoms with E-state index in [2.05, 4.69) is 14.4 Å². The van der Waals surface area contributed by atoms with Crippen LogP contribution >= 0.6 is 11.9 Å². The van der Waals surface area contributed by atoms with Crippen molar-refractivity contribution in [3.63, 3.8) is 0 Å². The third-order valence-corrected chi connectivity index (χ3v) is 4.13. The van der Waals surface area contributed by atoms with Crippen molar-refractivity contribution in [2.75, 3.05) is 11.8 Å². The summed E-state index contributed by atoms with van der Waals surface area (Å²) in [7, 11) is 1.26. The maximum atomic E-state index is 14.1. The number of hydrogen-bond acceptors (Lipinski definition) is 5. The molecule has 2 aromatic carbocycles. The van der Waals surface area contributed by atoms with Gasteiger partial charge < -0.3 is 9.46 Å². The van der Waals surface area contributed by atoms with Crippen molar-refractivity contribution in [1.82, 2.24) is 4.98 Å². The molecule has 0 saturated heterocycles. The van der Waals surface area contributed by atoms with Crippen LogP contribution in [0.25, 0.3) is 10.9 Å². The normalized spacial score (nSPS) is 10.5. The van der Waals surface area contributed by atoms with Crippen molar-refractivity contribution in [2.24, 2.45) is 0 Å². The molecule has 0 fully saturated rings. The van der Waals surface area contributed by atoms with Gasteiger partial charge in [0, 0.05) is 11.6 Å². The highest BCUT2D eigenvalue weighted by molar-refractivity contribution is 8.00. The topological polar surface area (TPSA) is 51.2 Å². The number of pyridine rings is 1. The average Bonchev–Trinajstić information content (AvgIpc) is 2.60. The van der Waals surface area contributed by atoms with E-state index in [4.69, 9.17) is 0 Å². The van der Waals surface area contributed by atoms with Gasteiger partial charge in [-0.25, -0.2) is 9.18 Å². The fourth-order valence-electron chi connectivity index (χ4n) is 2.11. The largest absolute Gasteiger partial charge is 0.465 e. The Hall–Kier alpha value is -2.60. The molecule has 3 rings (SSSR count). The second-order valence-electron chi connectivity index (χ2n) is 4.72. The molecule has 6 heteroatoms. The molecule has 0 atom stereocenters. The third kappa shape index (κ3) is 3.27. The Kier molecular flexibility index (Phi) is 4.43. The number of anilines is 1. The second-order valence-corrected chi connectivity index (χ2v) is 5.57. The van der Waals surface area contributed by atoms with E-state index in [1.807, 2.05) is 30.3 Å².